The summed E-state index contributed by atoms with van der Waals surface area (Å²) in [6.45, 7) is 6.14. The lowest BCUT2D eigenvalue weighted by Crippen LogP contribution is -1.75. The highest BCUT2D eigenvalue weighted by Crippen LogP contribution is 2.04. The van der Waals surface area contributed by atoms with Crippen LogP contribution in [0.5, 0.6) is 0 Å². The van der Waals surface area contributed by atoms with Crippen molar-refractivity contribution in [2.24, 2.45) is 0 Å². The maximum absolute atomic E-state index is 3.05. The Balaban J connectivity index is 3.26. The molecule has 0 aliphatic rings. The van der Waals surface area contributed by atoms with Gasteiger partial charge in [0, 0.05) is 6.42 Å². The highest BCUT2D eigenvalue weighted by molar-refractivity contribution is 4.99. The van der Waals surface area contributed by atoms with Gasteiger partial charge in [0.1, 0.15) is 0 Å². The van der Waals surface area contributed by atoms with Crippen LogP contribution in [0.25, 0.3) is 0 Å². The quantitative estimate of drug-likeness (QED) is 0.317. The van der Waals surface area contributed by atoms with Crippen LogP contribution in [0, 0.1) is 11.8 Å². The van der Waals surface area contributed by atoms with E-state index in [2.05, 4.69) is 31.8 Å². The van der Waals surface area contributed by atoms with Gasteiger partial charge in [-0.3, -0.25) is 0 Å². The maximum Gasteiger partial charge on any atom is 0.00916 e. The van der Waals surface area contributed by atoms with Crippen molar-refractivity contribution in [1.82, 2.24) is 0 Å². The fourth-order valence-corrected chi connectivity index (χ4v) is 0.725. The summed E-state index contributed by atoms with van der Waals surface area (Å²) in [5, 5.41) is 0. The first-order chi connectivity index (χ1) is 4.81. The minimum atomic E-state index is 1.04. The predicted octanol–water partition coefficient (Wildman–Crippen LogP) is 3.15. The first-order valence-corrected chi connectivity index (χ1v) is 3.82. The zero-order valence-electron chi connectivity index (χ0n) is 7.20. The van der Waals surface area contributed by atoms with Crippen molar-refractivity contribution in [3.05, 3.63) is 11.6 Å². The Bertz CT molecular complexity index is 153. The molecule has 0 aromatic rings. The number of unbranched alkanes of at least 4 members (excludes halogenated alkanes) is 1. The summed E-state index contributed by atoms with van der Waals surface area (Å²) in [4.78, 5) is 0. The second-order valence-corrected chi connectivity index (χ2v) is 2.42. The number of rotatable bonds is 3. The monoisotopic (exact) mass is 136 g/mol. The van der Waals surface area contributed by atoms with Gasteiger partial charge in [0.25, 0.3) is 0 Å². The highest BCUT2D eigenvalue weighted by Gasteiger charge is 1.85. The summed E-state index contributed by atoms with van der Waals surface area (Å²) in [6.07, 6.45) is 5.61. The van der Waals surface area contributed by atoms with E-state index < -0.39 is 0 Å². The fraction of sp³-hybridized carbons (Fsp3) is 0.600. The van der Waals surface area contributed by atoms with Crippen molar-refractivity contribution in [3.63, 3.8) is 0 Å². The molecule has 0 aromatic carbocycles. The number of hydrogen-bond acceptors (Lipinski definition) is 0. The third-order valence-electron chi connectivity index (χ3n) is 1.54. The first kappa shape index (κ1) is 9.30. The fourth-order valence-electron chi connectivity index (χ4n) is 0.725. The molecule has 0 radical (unpaired) electrons. The van der Waals surface area contributed by atoms with E-state index in [1.54, 1.807) is 0 Å². The number of allylic oxidation sites excluding steroid dienone is 2. The smallest absolute Gasteiger partial charge is 0.00916 e. The van der Waals surface area contributed by atoms with Crippen molar-refractivity contribution in [3.8, 4) is 11.8 Å². The zero-order valence-corrected chi connectivity index (χ0v) is 7.20. The van der Waals surface area contributed by atoms with E-state index in [0.717, 1.165) is 6.42 Å². The van der Waals surface area contributed by atoms with Gasteiger partial charge in [-0.25, -0.2) is 0 Å². The molecule has 0 N–H and O–H groups in total. The van der Waals surface area contributed by atoms with Crippen molar-refractivity contribution >= 4 is 0 Å². The third kappa shape index (κ3) is 5.44. The SMILES string of the molecule is CC#CCCC/C(C)=C/C. The van der Waals surface area contributed by atoms with E-state index >= 15 is 0 Å². The highest BCUT2D eigenvalue weighted by atomic mass is 13.9. The molecule has 0 atom stereocenters. The summed E-state index contributed by atoms with van der Waals surface area (Å²) < 4.78 is 0. The molecule has 10 heavy (non-hydrogen) atoms. The summed E-state index contributed by atoms with van der Waals surface area (Å²) in [5.41, 5.74) is 1.47. The molecule has 0 fully saturated rings. The Labute approximate surface area is 64.3 Å². The van der Waals surface area contributed by atoms with Crippen molar-refractivity contribution in [1.29, 1.82) is 0 Å². The van der Waals surface area contributed by atoms with Crippen LogP contribution in [0.15, 0.2) is 11.6 Å². The average Bonchev–Trinajstić information content (AvgIpc) is 1.98. The molecular weight excluding hydrogens is 120 g/mol. The molecule has 56 valence electrons. The van der Waals surface area contributed by atoms with Gasteiger partial charge in [-0.2, -0.15) is 0 Å². The van der Waals surface area contributed by atoms with Gasteiger partial charge in [0.2, 0.25) is 0 Å². The molecule has 0 heterocycles. The van der Waals surface area contributed by atoms with E-state index in [9.17, 15) is 0 Å². The normalized spacial score (nSPS) is 10.5. The van der Waals surface area contributed by atoms with Crippen LogP contribution in [0.4, 0.5) is 0 Å². The third-order valence-corrected chi connectivity index (χ3v) is 1.54. The second-order valence-electron chi connectivity index (χ2n) is 2.42. The predicted molar refractivity (Wildman–Crippen MR) is 46.7 cm³/mol. The van der Waals surface area contributed by atoms with Crippen molar-refractivity contribution in [2.75, 3.05) is 0 Å². The molecule has 0 unspecified atom stereocenters. The molecule has 0 aromatic heterocycles. The lowest BCUT2D eigenvalue weighted by molar-refractivity contribution is 0.844. The lowest BCUT2D eigenvalue weighted by atomic mass is 10.1. The molecule has 0 amide bonds. The topological polar surface area (TPSA) is 0 Å². The van der Waals surface area contributed by atoms with Crippen LogP contribution >= 0.6 is 0 Å². The van der Waals surface area contributed by atoms with Crippen LogP contribution in [0.3, 0.4) is 0 Å². The molecular formula is C10H16. The van der Waals surface area contributed by atoms with Gasteiger partial charge in [-0.15, -0.1) is 11.8 Å². The first-order valence-electron chi connectivity index (χ1n) is 3.82. The van der Waals surface area contributed by atoms with Gasteiger partial charge < -0.3 is 0 Å². The van der Waals surface area contributed by atoms with Gasteiger partial charge in [-0.05, 0) is 33.6 Å². The summed E-state index contributed by atoms with van der Waals surface area (Å²) in [5.74, 6) is 5.94. The van der Waals surface area contributed by atoms with Gasteiger partial charge >= 0.3 is 0 Å². The molecule has 0 saturated carbocycles. The average molecular weight is 136 g/mol. The zero-order chi connectivity index (χ0) is 7.82. The molecule has 0 rings (SSSR count). The van der Waals surface area contributed by atoms with Crippen LogP contribution in [-0.2, 0) is 0 Å². The molecule has 0 bridgehead atoms. The lowest BCUT2D eigenvalue weighted by Gasteiger charge is -1.94. The molecule has 0 nitrogen and oxygen atoms in total. The summed E-state index contributed by atoms with van der Waals surface area (Å²) >= 11 is 0. The number of hydrogen-bond donors (Lipinski definition) is 0. The van der Waals surface area contributed by atoms with Crippen molar-refractivity contribution < 1.29 is 0 Å². The van der Waals surface area contributed by atoms with Gasteiger partial charge in [0.15, 0.2) is 0 Å². The largest absolute Gasteiger partial charge is 0.107 e. The Morgan fingerprint density at radius 2 is 2.20 bits per heavy atom. The molecule has 0 spiro atoms. The van der Waals surface area contributed by atoms with Crippen LogP contribution < -0.4 is 0 Å². The van der Waals surface area contributed by atoms with E-state index in [-0.39, 0.29) is 0 Å². The second kappa shape index (κ2) is 6.42. The summed E-state index contributed by atoms with van der Waals surface area (Å²) in [7, 11) is 0. The minimum absolute atomic E-state index is 1.04. The van der Waals surface area contributed by atoms with Gasteiger partial charge in [-0.1, -0.05) is 11.6 Å². The maximum atomic E-state index is 3.05. The molecule has 0 aliphatic heterocycles. The van der Waals surface area contributed by atoms with Crippen molar-refractivity contribution in [2.45, 2.75) is 40.0 Å². The molecule has 0 aliphatic carbocycles. The van der Waals surface area contributed by atoms with Gasteiger partial charge in [0.05, 0.1) is 0 Å². The van der Waals surface area contributed by atoms with Crippen LogP contribution in [0.2, 0.25) is 0 Å². The van der Waals surface area contributed by atoms with Crippen LogP contribution in [-0.4, -0.2) is 0 Å². The summed E-state index contributed by atoms with van der Waals surface area (Å²) in [6, 6.07) is 0. The Morgan fingerprint density at radius 3 is 2.70 bits per heavy atom. The van der Waals surface area contributed by atoms with Crippen LogP contribution in [0.1, 0.15) is 40.0 Å². The Morgan fingerprint density at radius 1 is 1.50 bits per heavy atom. The van der Waals surface area contributed by atoms with E-state index in [1.807, 2.05) is 6.92 Å². The Hall–Kier alpha value is -0.700. The van der Waals surface area contributed by atoms with E-state index in [1.165, 1.54) is 18.4 Å². The Kier molecular flexibility index (Phi) is 5.97. The molecule has 0 heteroatoms. The molecule has 0 saturated heterocycles. The van der Waals surface area contributed by atoms with E-state index in [0.29, 0.717) is 0 Å². The standard InChI is InChI=1S/C10H16/c1-4-6-7-8-9-10(3)5-2/h5H,7-9H2,1-3H3/b10-5+. The minimum Gasteiger partial charge on any atom is -0.107 e. The van der Waals surface area contributed by atoms with E-state index in [4.69, 9.17) is 0 Å².